The fraction of sp³-hybridized carbons (Fsp3) is 0.500. The third-order valence-corrected chi connectivity index (χ3v) is 4.48. The van der Waals surface area contributed by atoms with Crippen molar-refractivity contribution >= 4 is 17.3 Å². The molecule has 1 N–H and O–H groups in total. The molecule has 2 heterocycles. The minimum Gasteiger partial charge on any atom is -0.411 e. The topological polar surface area (TPSA) is 56.1 Å². The van der Waals surface area contributed by atoms with Gasteiger partial charge >= 0.3 is 0 Å². The first kappa shape index (κ1) is 13.9. The van der Waals surface area contributed by atoms with Crippen molar-refractivity contribution in [3.05, 3.63) is 29.8 Å². The van der Waals surface area contributed by atoms with E-state index in [2.05, 4.69) is 10.1 Å². The van der Waals surface area contributed by atoms with E-state index < -0.39 is 0 Å². The van der Waals surface area contributed by atoms with Gasteiger partial charge in [-0.25, -0.2) is 0 Å². The number of likely N-dealkylation sites (tertiary alicyclic amines) is 1. The van der Waals surface area contributed by atoms with Gasteiger partial charge in [-0.1, -0.05) is 23.4 Å². The molecule has 5 heteroatoms. The van der Waals surface area contributed by atoms with Gasteiger partial charge in [0.25, 0.3) is 0 Å². The largest absolute Gasteiger partial charge is 0.411 e. The maximum Gasteiger partial charge on any atom is 0.244 e. The Balaban J connectivity index is 1.87. The van der Waals surface area contributed by atoms with Crippen molar-refractivity contribution in [3.8, 4) is 0 Å². The Morgan fingerprint density at radius 1 is 1.24 bits per heavy atom. The number of benzene rings is 1. The molecule has 2 aliphatic heterocycles. The number of nitrogens with zero attached hydrogens (tertiary/aromatic N) is 3. The number of fused-ring (bicyclic) bond motifs is 1. The monoisotopic (exact) mass is 287 g/mol. The van der Waals surface area contributed by atoms with Crippen molar-refractivity contribution in [3.63, 3.8) is 0 Å². The molecule has 3 rings (SSSR count). The maximum absolute atomic E-state index is 12.6. The second kappa shape index (κ2) is 5.76. The number of anilines is 1. The molecule has 1 aromatic rings. The molecule has 1 atom stereocenters. The highest BCUT2D eigenvalue weighted by Gasteiger charge is 2.31. The smallest absolute Gasteiger partial charge is 0.244 e. The lowest BCUT2D eigenvalue weighted by molar-refractivity contribution is -0.131. The molecule has 1 amide bonds. The van der Waals surface area contributed by atoms with Crippen molar-refractivity contribution in [2.75, 3.05) is 24.5 Å². The fourth-order valence-electron chi connectivity index (χ4n) is 3.29. The van der Waals surface area contributed by atoms with E-state index in [-0.39, 0.29) is 11.9 Å². The van der Waals surface area contributed by atoms with Gasteiger partial charge in [-0.05, 0) is 25.8 Å². The first-order valence-corrected chi connectivity index (χ1v) is 7.58. The molecule has 5 nitrogen and oxygen atoms in total. The molecule has 0 aromatic heterocycles. The summed E-state index contributed by atoms with van der Waals surface area (Å²) in [7, 11) is 0. The number of hydrogen-bond donors (Lipinski definition) is 1. The molecule has 1 saturated heterocycles. The molecule has 112 valence electrons. The summed E-state index contributed by atoms with van der Waals surface area (Å²) in [4.78, 5) is 16.7. The van der Waals surface area contributed by atoms with Gasteiger partial charge in [-0.15, -0.1) is 0 Å². The number of carbonyl (C=O) groups is 1. The standard InChI is InChI=1S/C16H21N3O2/c1-12(16(20)18-9-4-5-10-18)19-11-8-14(17-21)13-6-2-3-7-15(13)19/h2-3,6-7,12,21H,4-5,8-11H2,1H3. The third kappa shape index (κ3) is 2.48. The Hall–Kier alpha value is -2.04. The molecule has 0 aliphatic carbocycles. The molecule has 21 heavy (non-hydrogen) atoms. The second-order valence-corrected chi connectivity index (χ2v) is 5.72. The first-order chi connectivity index (χ1) is 10.2. The number of oxime groups is 1. The Kier molecular flexibility index (Phi) is 3.82. The molecule has 1 fully saturated rings. The van der Waals surface area contributed by atoms with Crippen molar-refractivity contribution in [1.82, 2.24) is 4.90 Å². The zero-order valence-corrected chi connectivity index (χ0v) is 12.3. The van der Waals surface area contributed by atoms with Gasteiger partial charge in [0.1, 0.15) is 6.04 Å². The summed E-state index contributed by atoms with van der Waals surface area (Å²) in [6.45, 7) is 4.43. The summed E-state index contributed by atoms with van der Waals surface area (Å²) < 4.78 is 0. The van der Waals surface area contributed by atoms with Crippen LogP contribution >= 0.6 is 0 Å². The quantitative estimate of drug-likeness (QED) is 0.669. The lowest BCUT2D eigenvalue weighted by Gasteiger charge is -2.37. The van der Waals surface area contributed by atoms with E-state index in [0.29, 0.717) is 18.7 Å². The van der Waals surface area contributed by atoms with E-state index in [1.807, 2.05) is 36.1 Å². The van der Waals surface area contributed by atoms with E-state index in [4.69, 9.17) is 5.21 Å². The summed E-state index contributed by atoms with van der Waals surface area (Å²) >= 11 is 0. The molecule has 1 unspecified atom stereocenters. The zero-order valence-electron chi connectivity index (χ0n) is 12.3. The Bertz CT molecular complexity index is 564. The summed E-state index contributed by atoms with van der Waals surface area (Å²) in [5, 5.41) is 12.5. The zero-order chi connectivity index (χ0) is 14.8. The van der Waals surface area contributed by atoms with Crippen LogP contribution in [0.15, 0.2) is 29.4 Å². The van der Waals surface area contributed by atoms with Crippen molar-refractivity contribution in [2.24, 2.45) is 5.16 Å². The fourth-order valence-corrected chi connectivity index (χ4v) is 3.29. The minimum absolute atomic E-state index is 0.176. The van der Waals surface area contributed by atoms with Gasteiger partial charge in [-0.2, -0.15) is 0 Å². The predicted octanol–water partition coefficient (Wildman–Crippen LogP) is 2.09. The normalized spacial score (nSPS) is 21.5. The minimum atomic E-state index is -0.176. The number of para-hydroxylation sites is 1. The SMILES string of the molecule is CC(C(=O)N1CCCC1)N1CCC(=NO)c2ccccc21. The molecular formula is C16H21N3O2. The Morgan fingerprint density at radius 2 is 1.95 bits per heavy atom. The van der Waals surface area contributed by atoms with Crippen LogP contribution in [0.2, 0.25) is 0 Å². The number of hydrogen-bond acceptors (Lipinski definition) is 4. The predicted molar refractivity (Wildman–Crippen MR) is 82.0 cm³/mol. The van der Waals surface area contributed by atoms with Gasteiger partial charge < -0.3 is 15.0 Å². The molecule has 0 spiro atoms. The van der Waals surface area contributed by atoms with Crippen LogP contribution in [0.4, 0.5) is 5.69 Å². The molecule has 0 saturated carbocycles. The first-order valence-electron chi connectivity index (χ1n) is 7.58. The van der Waals surface area contributed by atoms with Crippen LogP contribution in [0.25, 0.3) is 0 Å². The van der Waals surface area contributed by atoms with E-state index in [0.717, 1.165) is 37.2 Å². The lowest BCUT2D eigenvalue weighted by atomic mass is 9.98. The average Bonchev–Trinajstić information content (AvgIpc) is 3.07. The van der Waals surface area contributed by atoms with Gasteiger partial charge in [0.15, 0.2) is 0 Å². The highest BCUT2D eigenvalue weighted by atomic mass is 16.4. The number of amides is 1. The summed E-state index contributed by atoms with van der Waals surface area (Å²) in [5.41, 5.74) is 2.60. The molecule has 0 radical (unpaired) electrons. The van der Waals surface area contributed by atoms with E-state index in [1.165, 1.54) is 0 Å². The maximum atomic E-state index is 12.6. The Morgan fingerprint density at radius 3 is 2.67 bits per heavy atom. The average molecular weight is 287 g/mol. The summed E-state index contributed by atoms with van der Waals surface area (Å²) in [5.74, 6) is 0.201. The Labute approximate surface area is 124 Å². The number of carbonyl (C=O) groups excluding carboxylic acids is 1. The molecular weight excluding hydrogens is 266 g/mol. The van der Waals surface area contributed by atoms with Crippen LogP contribution in [0.3, 0.4) is 0 Å². The molecule has 0 bridgehead atoms. The van der Waals surface area contributed by atoms with Gasteiger partial charge in [0.2, 0.25) is 5.91 Å². The number of rotatable bonds is 2. The molecule has 1 aromatic carbocycles. The van der Waals surface area contributed by atoms with Crippen LogP contribution in [-0.2, 0) is 4.79 Å². The van der Waals surface area contributed by atoms with Crippen LogP contribution < -0.4 is 4.90 Å². The van der Waals surface area contributed by atoms with Gasteiger partial charge in [-0.3, -0.25) is 4.79 Å². The van der Waals surface area contributed by atoms with E-state index >= 15 is 0 Å². The van der Waals surface area contributed by atoms with Crippen molar-refractivity contribution in [1.29, 1.82) is 0 Å². The van der Waals surface area contributed by atoms with Gasteiger partial charge in [0, 0.05) is 37.3 Å². The lowest BCUT2D eigenvalue weighted by Crippen LogP contribution is -2.48. The van der Waals surface area contributed by atoms with Gasteiger partial charge in [0.05, 0.1) is 5.71 Å². The third-order valence-electron chi connectivity index (χ3n) is 4.48. The van der Waals surface area contributed by atoms with Crippen LogP contribution in [-0.4, -0.2) is 47.4 Å². The van der Waals surface area contributed by atoms with E-state index in [9.17, 15) is 4.79 Å². The highest BCUT2D eigenvalue weighted by Crippen LogP contribution is 2.29. The summed E-state index contributed by atoms with van der Waals surface area (Å²) in [6.07, 6.45) is 2.87. The second-order valence-electron chi connectivity index (χ2n) is 5.72. The van der Waals surface area contributed by atoms with Crippen LogP contribution in [0.1, 0.15) is 31.7 Å². The van der Waals surface area contributed by atoms with E-state index in [1.54, 1.807) is 0 Å². The van der Waals surface area contributed by atoms with Crippen molar-refractivity contribution in [2.45, 2.75) is 32.2 Å². The highest BCUT2D eigenvalue weighted by molar-refractivity contribution is 6.07. The van der Waals surface area contributed by atoms with Crippen molar-refractivity contribution < 1.29 is 10.0 Å². The van der Waals surface area contributed by atoms with Crippen LogP contribution in [0.5, 0.6) is 0 Å². The summed E-state index contributed by atoms with van der Waals surface area (Å²) in [6, 6.07) is 7.65. The van der Waals surface area contributed by atoms with Crippen LogP contribution in [0, 0.1) is 0 Å². The molecule has 2 aliphatic rings.